The van der Waals surface area contributed by atoms with Crippen LogP contribution < -0.4 is 21.3 Å². The molecule has 2 aromatic heterocycles. The molecule has 4 heterocycles. The summed E-state index contributed by atoms with van der Waals surface area (Å²) in [6.07, 6.45) is 0. The molecule has 99 heavy (non-hydrogen) atoms. The zero-order valence-corrected chi connectivity index (χ0v) is 57.4. The molecule has 2 aliphatic rings. The molecule has 5 nitrogen and oxygen atoms in total. The average Bonchev–Trinajstić information content (AvgIpc) is 1.15. The summed E-state index contributed by atoms with van der Waals surface area (Å²) in [5.74, 6) is -0.345. The maximum absolute atomic E-state index is 10.3. The van der Waals surface area contributed by atoms with Crippen LogP contribution in [0.2, 0.25) is 0 Å². The number of nitrogens with zero attached hydrogens (tertiary/aromatic N) is 5. The minimum Gasteiger partial charge on any atom is -0.310 e. The Hall–Kier alpha value is -11.7. The topological polar surface area (TPSA) is 41.2 Å². The number of benzene rings is 13. The first kappa shape index (κ1) is 60.9. The van der Waals surface area contributed by atoms with E-state index in [0.29, 0.717) is 11.3 Å². The van der Waals surface area contributed by atoms with Gasteiger partial charge in [-0.1, -0.05) is 280 Å². The molecule has 1 unspecified atom stereocenters. The highest BCUT2D eigenvalue weighted by Crippen LogP contribution is 2.54. The van der Waals surface area contributed by atoms with Crippen molar-refractivity contribution < 1.29 is 0 Å². The summed E-state index contributed by atoms with van der Waals surface area (Å²) < 4.78 is 4.96. The Bertz CT molecular complexity index is 5440. The number of rotatable bonds is 8. The van der Waals surface area contributed by atoms with E-state index in [2.05, 4.69) is 342 Å². The summed E-state index contributed by atoms with van der Waals surface area (Å²) >= 11 is 0. The van der Waals surface area contributed by atoms with Gasteiger partial charge in [0.1, 0.15) is 0 Å². The second kappa shape index (κ2) is 23.0. The van der Waals surface area contributed by atoms with Gasteiger partial charge in [0.25, 0.3) is 0 Å². The summed E-state index contributed by atoms with van der Waals surface area (Å²) in [5, 5.41) is 15.2. The van der Waals surface area contributed by atoms with Crippen molar-refractivity contribution in [1.29, 1.82) is 5.26 Å². The van der Waals surface area contributed by atoms with Gasteiger partial charge in [-0.25, -0.2) is 4.85 Å². The van der Waals surface area contributed by atoms with Gasteiger partial charge in [-0.2, -0.15) is 5.26 Å². The van der Waals surface area contributed by atoms with Crippen molar-refractivity contribution in [2.45, 2.75) is 84.5 Å². The second-order valence-corrected chi connectivity index (χ2v) is 30.2. The standard InChI is InChI=1S/C93H74BN5/c1-91(2,3)63-25-19-23-61(51-63)70-32-21-31-69(59-43-45-66(96-10)46-44-59)87(70)88-77-55-67(97-81-35-15-11-27-73(81)74-28-12-16-36-82(74)97)47-49-79(77)94-80-50-48-68(98-83-37-17-13-29-75(83)76-30-14-18-38-84(76)98)56-85(80)99(86-54-65(93(7,8)9)53-78(88)89(86)94)90-71(60-41-39-58(57-95)40-42-60)33-22-34-72(90)62-24-20-26-64(52-62)92(4,5)6/h11-56,88H,1-9H3. The van der Waals surface area contributed by atoms with Gasteiger partial charge in [-0.05, 0) is 161 Å². The number of hydrogen-bond acceptors (Lipinski definition) is 2. The van der Waals surface area contributed by atoms with Crippen LogP contribution >= 0.6 is 0 Å². The van der Waals surface area contributed by atoms with Gasteiger partial charge in [0.05, 0.1) is 46.0 Å². The van der Waals surface area contributed by atoms with Gasteiger partial charge in [-0.15, -0.1) is 0 Å². The van der Waals surface area contributed by atoms with Crippen LogP contribution in [0, 0.1) is 17.9 Å². The fourth-order valence-corrected chi connectivity index (χ4v) is 16.3. The predicted octanol–water partition coefficient (Wildman–Crippen LogP) is 22.7. The van der Waals surface area contributed by atoms with E-state index < -0.39 is 0 Å². The molecule has 0 fully saturated rings. The lowest BCUT2D eigenvalue weighted by atomic mass is 9.31. The molecule has 0 amide bonds. The Balaban J connectivity index is 1.06. The van der Waals surface area contributed by atoms with E-state index in [1.165, 1.54) is 71.3 Å². The molecular formula is C93H74BN5. The summed E-state index contributed by atoms with van der Waals surface area (Å²) in [5.41, 5.74) is 30.6. The molecule has 0 saturated carbocycles. The number of nitriles is 1. The number of hydrogen-bond donors (Lipinski definition) is 0. The van der Waals surface area contributed by atoms with Crippen molar-refractivity contribution in [3.8, 4) is 62.0 Å². The number of aromatic nitrogens is 2. The lowest BCUT2D eigenvalue weighted by molar-refractivity contribution is 0.589. The molecule has 0 N–H and O–H groups in total. The zero-order valence-electron chi connectivity index (χ0n) is 57.4. The highest BCUT2D eigenvalue weighted by molar-refractivity contribution is 6.99. The second-order valence-electron chi connectivity index (χ2n) is 30.2. The molecule has 1 atom stereocenters. The van der Waals surface area contributed by atoms with E-state index in [0.717, 1.165) is 95.0 Å². The SMILES string of the molecule is [C-]#[N+]c1ccc(-c2cccc(-c3cccc(C(C)(C)C)c3)c2C2c3cc(-n4c5ccccc5c5ccccc54)ccc3B3c4ccc(-n5c6ccccc6c6ccccc65)cc4N(c4c(-c5ccc(C#N)cc5)cccc4-c4cccc(C(C)(C)C)c4)c4cc(C(C)(C)C)cc2c43)cc1. The van der Waals surface area contributed by atoms with Crippen LogP contribution in [-0.2, 0) is 16.2 Å². The molecule has 0 aliphatic carbocycles. The highest BCUT2D eigenvalue weighted by Gasteiger charge is 2.47. The summed E-state index contributed by atoms with van der Waals surface area (Å²) in [4.78, 5) is 6.59. The van der Waals surface area contributed by atoms with Crippen LogP contribution in [0.1, 0.15) is 107 Å². The zero-order chi connectivity index (χ0) is 67.8. The lowest BCUT2D eigenvalue weighted by Crippen LogP contribution is -2.62. The quantitative estimate of drug-likeness (QED) is 0.112. The summed E-state index contributed by atoms with van der Waals surface area (Å²) in [6, 6.07) is 106. The molecular weight excluding hydrogens is 1200 g/mol. The number of para-hydroxylation sites is 5. The Kier molecular flexibility index (Phi) is 14.1. The molecule has 15 aromatic rings. The van der Waals surface area contributed by atoms with E-state index in [-0.39, 0.29) is 28.9 Å². The third-order valence-corrected chi connectivity index (χ3v) is 21.2. The van der Waals surface area contributed by atoms with Gasteiger partial charge in [-0.3, -0.25) is 0 Å². The Morgan fingerprint density at radius 1 is 0.384 bits per heavy atom. The van der Waals surface area contributed by atoms with E-state index in [9.17, 15) is 5.26 Å². The highest BCUT2D eigenvalue weighted by atomic mass is 15.2. The van der Waals surface area contributed by atoms with Crippen LogP contribution in [0.15, 0.2) is 279 Å². The first-order chi connectivity index (χ1) is 47.9. The normalized spacial score (nSPS) is 13.5. The maximum Gasteiger partial charge on any atom is 0.247 e. The van der Waals surface area contributed by atoms with Crippen molar-refractivity contribution in [3.05, 3.63) is 329 Å². The van der Waals surface area contributed by atoms with E-state index in [4.69, 9.17) is 6.57 Å². The van der Waals surface area contributed by atoms with Crippen molar-refractivity contribution in [1.82, 2.24) is 9.13 Å². The summed E-state index contributed by atoms with van der Waals surface area (Å²) in [7, 11) is 0. The molecule has 0 bridgehead atoms. The Labute approximate surface area is 581 Å². The van der Waals surface area contributed by atoms with Gasteiger partial charge < -0.3 is 14.0 Å². The Morgan fingerprint density at radius 2 is 0.828 bits per heavy atom. The van der Waals surface area contributed by atoms with Crippen LogP contribution in [0.25, 0.3) is 104 Å². The van der Waals surface area contributed by atoms with Crippen LogP contribution in [0.3, 0.4) is 0 Å². The van der Waals surface area contributed by atoms with E-state index in [1.54, 1.807) is 0 Å². The Morgan fingerprint density at radius 3 is 1.34 bits per heavy atom. The molecule has 13 aromatic carbocycles. The van der Waals surface area contributed by atoms with E-state index >= 15 is 0 Å². The van der Waals surface area contributed by atoms with E-state index in [1.807, 2.05) is 24.3 Å². The van der Waals surface area contributed by atoms with Crippen LogP contribution in [0.5, 0.6) is 0 Å². The molecule has 2 aliphatic heterocycles. The minimum atomic E-state index is -0.345. The van der Waals surface area contributed by atoms with Crippen molar-refractivity contribution in [2.75, 3.05) is 4.90 Å². The molecule has 0 saturated heterocycles. The van der Waals surface area contributed by atoms with Crippen LogP contribution in [-0.4, -0.2) is 15.8 Å². The van der Waals surface area contributed by atoms with Gasteiger partial charge in [0.15, 0.2) is 5.69 Å². The van der Waals surface area contributed by atoms with Crippen LogP contribution in [0.4, 0.5) is 22.7 Å². The van der Waals surface area contributed by atoms with Crippen molar-refractivity contribution in [3.63, 3.8) is 0 Å². The molecule has 17 rings (SSSR count). The monoisotopic (exact) mass is 1270 g/mol. The lowest BCUT2D eigenvalue weighted by Gasteiger charge is -2.45. The van der Waals surface area contributed by atoms with Gasteiger partial charge in [0.2, 0.25) is 6.71 Å². The minimum absolute atomic E-state index is 0.120. The maximum atomic E-state index is 10.3. The molecule has 0 spiro atoms. The molecule has 6 heteroatoms. The fraction of sp³-hybridized carbons (Fsp3) is 0.140. The van der Waals surface area contributed by atoms with Crippen molar-refractivity contribution >= 4 is 89.5 Å². The smallest absolute Gasteiger partial charge is 0.247 e. The molecule has 0 radical (unpaired) electrons. The average molecular weight is 1270 g/mol. The first-order valence-electron chi connectivity index (χ1n) is 34.6. The van der Waals surface area contributed by atoms with Gasteiger partial charge in [0, 0.05) is 61.3 Å². The third kappa shape index (κ3) is 9.95. The fourth-order valence-electron chi connectivity index (χ4n) is 16.3. The number of fused-ring (bicyclic) bond motifs is 10. The molecule has 474 valence electrons. The summed E-state index contributed by atoms with van der Waals surface area (Å²) in [6.45, 7) is 28.8. The van der Waals surface area contributed by atoms with Gasteiger partial charge >= 0.3 is 0 Å². The van der Waals surface area contributed by atoms with Crippen molar-refractivity contribution in [2.24, 2.45) is 0 Å². The predicted molar refractivity (Wildman–Crippen MR) is 417 cm³/mol. The first-order valence-corrected chi connectivity index (χ1v) is 34.6. The number of anilines is 3. The third-order valence-electron chi connectivity index (χ3n) is 21.2. The largest absolute Gasteiger partial charge is 0.310 e.